The monoisotopic (exact) mass is 306 g/mol. The molecule has 1 nitrogen and oxygen atoms in total. The molecule has 0 aliphatic heterocycles. The van der Waals surface area contributed by atoms with E-state index in [2.05, 4.69) is 58.0 Å². The van der Waals surface area contributed by atoms with Crippen molar-refractivity contribution in [3.63, 3.8) is 0 Å². The number of rotatable bonds is 0. The van der Waals surface area contributed by atoms with Crippen LogP contribution in [0, 0.1) is 6.92 Å². The van der Waals surface area contributed by atoms with Crippen LogP contribution in [0.25, 0.3) is 0 Å². The Morgan fingerprint density at radius 2 is 1.35 bits per heavy atom. The third kappa shape index (κ3) is 1.80. The van der Waals surface area contributed by atoms with Crippen LogP contribution in [0.1, 0.15) is 68.4 Å². The molecule has 2 aliphatic rings. The first-order chi connectivity index (χ1) is 10.7. The molecule has 0 heterocycles. The summed E-state index contributed by atoms with van der Waals surface area (Å²) in [5.41, 5.74) is 7.13. The molecule has 2 aromatic carbocycles. The van der Waals surface area contributed by atoms with E-state index in [4.69, 9.17) is 0 Å². The van der Waals surface area contributed by atoms with Crippen LogP contribution < -0.4 is 0 Å². The van der Waals surface area contributed by atoms with Gasteiger partial charge in [0, 0.05) is 5.41 Å². The highest BCUT2D eigenvalue weighted by molar-refractivity contribution is 5.61. The van der Waals surface area contributed by atoms with E-state index in [1.807, 2.05) is 13.0 Å². The first-order valence-corrected chi connectivity index (χ1v) is 8.62. The van der Waals surface area contributed by atoms with Gasteiger partial charge in [0.05, 0.1) is 0 Å². The molecule has 0 radical (unpaired) electrons. The summed E-state index contributed by atoms with van der Waals surface area (Å²) in [6.07, 6.45) is 2.28. The van der Waals surface area contributed by atoms with Gasteiger partial charge in [-0.05, 0) is 64.5 Å². The van der Waals surface area contributed by atoms with Crippen molar-refractivity contribution in [2.75, 3.05) is 0 Å². The van der Waals surface area contributed by atoms with Crippen molar-refractivity contribution >= 4 is 0 Å². The van der Waals surface area contributed by atoms with Gasteiger partial charge in [0.1, 0.15) is 5.75 Å². The Bertz CT molecular complexity index is 813. The fraction of sp³-hybridized carbons (Fsp3) is 0.455. The molecule has 0 saturated carbocycles. The highest BCUT2D eigenvalue weighted by Crippen LogP contribution is 2.63. The number of fused-ring (bicyclic) bond motifs is 4. The second-order valence-electron chi connectivity index (χ2n) is 8.93. The van der Waals surface area contributed by atoms with Gasteiger partial charge in [0.15, 0.2) is 0 Å². The van der Waals surface area contributed by atoms with Crippen molar-refractivity contribution < 1.29 is 5.11 Å². The molecule has 4 rings (SSSR count). The minimum Gasteiger partial charge on any atom is -0.508 e. The van der Waals surface area contributed by atoms with Gasteiger partial charge in [-0.2, -0.15) is 0 Å². The van der Waals surface area contributed by atoms with E-state index < -0.39 is 0 Å². The molecule has 1 atom stereocenters. The van der Waals surface area contributed by atoms with Gasteiger partial charge < -0.3 is 5.11 Å². The number of hydrogen-bond donors (Lipinski definition) is 1. The minimum absolute atomic E-state index is 0.0913. The Balaban J connectivity index is 2.05. The van der Waals surface area contributed by atoms with Crippen LogP contribution in [0.15, 0.2) is 36.4 Å². The van der Waals surface area contributed by atoms with E-state index in [9.17, 15) is 5.11 Å². The van der Waals surface area contributed by atoms with Crippen LogP contribution in [-0.4, -0.2) is 5.11 Å². The minimum atomic E-state index is 0.0913. The van der Waals surface area contributed by atoms with Crippen LogP contribution in [0.5, 0.6) is 5.75 Å². The predicted molar refractivity (Wildman–Crippen MR) is 95.4 cm³/mol. The molecule has 120 valence electrons. The lowest BCUT2D eigenvalue weighted by Crippen LogP contribution is -2.27. The normalized spacial score (nSPS) is 26.3. The molecule has 0 aromatic heterocycles. The fourth-order valence-electron chi connectivity index (χ4n) is 5.43. The average Bonchev–Trinajstić information content (AvgIpc) is 2.81. The van der Waals surface area contributed by atoms with E-state index >= 15 is 0 Å². The standard InChI is InChI=1S/C22H26O/c1-14-10-18-17(11-19(14)23)21(4,5)13-22(18)12-20(2,3)15-8-6-7-9-16(15)22/h6-11,23H,12-13H2,1-5H3. The Hall–Kier alpha value is -1.76. The summed E-state index contributed by atoms with van der Waals surface area (Å²) in [6.45, 7) is 11.4. The highest BCUT2D eigenvalue weighted by Gasteiger charge is 2.56. The summed E-state index contributed by atoms with van der Waals surface area (Å²) in [4.78, 5) is 0. The lowest BCUT2D eigenvalue weighted by molar-refractivity contribution is 0.349. The Morgan fingerprint density at radius 3 is 2.00 bits per heavy atom. The molecule has 0 saturated heterocycles. The number of benzene rings is 2. The van der Waals surface area contributed by atoms with Gasteiger partial charge in [-0.25, -0.2) is 0 Å². The van der Waals surface area contributed by atoms with Crippen molar-refractivity contribution in [2.24, 2.45) is 0 Å². The number of phenols is 1. The van der Waals surface area contributed by atoms with Crippen molar-refractivity contribution in [2.45, 2.75) is 63.7 Å². The highest BCUT2D eigenvalue weighted by atomic mass is 16.3. The van der Waals surface area contributed by atoms with E-state index in [-0.39, 0.29) is 16.2 Å². The summed E-state index contributed by atoms with van der Waals surface area (Å²) < 4.78 is 0. The second-order valence-corrected chi connectivity index (χ2v) is 8.93. The Labute approximate surface area is 139 Å². The quantitative estimate of drug-likeness (QED) is 0.695. The number of aromatic hydroxyl groups is 1. The van der Waals surface area contributed by atoms with E-state index in [1.54, 1.807) is 0 Å². The maximum atomic E-state index is 10.2. The summed E-state index contributed by atoms with van der Waals surface area (Å²) in [6, 6.07) is 13.3. The predicted octanol–water partition coefficient (Wildman–Crippen LogP) is 5.35. The largest absolute Gasteiger partial charge is 0.508 e. The van der Waals surface area contributed by atoms with Crippen LogP contribution in [0.3, 0.4) is 0 Å². The Kier molecular flexibility index (Phi) is 2.70. The number of hydrogen-bond acceptors (Lipinski definition) is 1. The van der Waals surface area contributed by atoms with Gasteiger partial charge in [0.2, 0.25) is 0 Å². The maximum Gasteiger partial charge on any atom is 0.118 e. The van der Waals surface area contributed by atoms with Crippen molar-refractivity contribution in [1.82, 2.24) is 0 Å². The maximum absolute atomic E-state index is 10.2. The van der Waals surface area contributed by atoms with Gasteiger partial charge in [-0.1, -0.05) is 58.0 Å². The molecule has 1 N–H and O–H groups in total. The molecular formula is C22H26O. The lowest BCUT2D eigenvalue weighted by atomic mass is 9.72. The van der Waals surface area contributed by atoms with Crippen LogP contribution in [-0.2, 0) is 16.2 Å². The van der Waals surface area contributed by atoms with Gasteiger partial charge in [0.25, 0.3) is 0 Å². The molecule has 1 unspecified atom stereocenters. The summed E-state index contributed by atoms with van der Waals surface area (Å²) in [5.74, 6) is 0.430. The van der Waals surface area contributed by atoms with Crippen molar-refractivity contribution in [1.29, 1.82) is 0 Å². The molecule has 0 amide bonds. The van der Waals surface area contributed by atoms with E-state index in [0.29, 0.717) is 5.75 Å². The van der Waals surface area contributed by atoms with Crippen molar-refractivity contribution in [3.05, 3.63) is 64.2 Å². The summed E-state index contributed by atoms with van der Waals surface area (Å²) in [5, 5.41) is 10.2. The van der Waals surface area contributed by atoms with Crippen LogP contribution >= 0.6 is 0 Å². The van der Waals surface area contributed by atoms with Crippen LogP contribution in [0.2, 0.25) is 0 Å². The zero-order chi connectivity index (χ0) is 16.6. The van der Waals surface area contributed by atoms with E-state index in [1.165, 1.54) is 22.3 Å². The first-order valence-electron chi connectivity index (χ1n) is 8.62. The number of aryl methyl sites for hydroxylation is 1. The molecule has 1 spiro atoms. The molecule has 1 heteroatoms. The molecule has 2 aromatic rings. The zero-order valence-electron chi connectivity index (χ0n) is 14.8. The second kappa shape index (κ2) is 4.20. The first kappa shape index (κ1) is 14.8. The molecule has 0 bridgehead atoms. The van der Waals surface area contributed by atoms with Gasteiger partial charge >= 0.3 is 0 Å². The molecule has 23 heavy (non-hydrogen) atoms. The average molecular weight is 306 g/mol. The fourth-order valence-corrected chi connectivity index (χ4v) is 5.43. The summed E-state index contributed by atoms with van der Waals surface area (Å²) >= 11 is 0. The Morgan fingerprint density at radius 1 is 0.783 bits per heavy atom. The zero-order valence-corrected chi connectivity index (χ0v) is 14.8. The lowest BCUT2D eigenvalue weighted by Gasteiger charge is -2.30. The molecule has 2 aliphatic carbocycles. The molecular weight excluding hydrogens is 280 g/mol. The molecule has 0 fully saturated rings. The van der Waals surface area contributed by atoms with Crippen LogP contribution in [0.4, 0.5) is 0 Å². The third-order valence-corrected chi connectivity index (χ3v) is 6.24. The summed E-state index contributed by atoms with van der Waals surface area (Å²) in [7, 11) is 0. The van der Waals surface area contributed by atoms with Crippen molar-refractivity contribution in [3.8, 4) is 5.75 Å². The number of phenolic OH excluding ortho intramolecular Hbond substituents is 1. The topological polar surface area (TPSA) is 20.2 Å². The third-order valence-electron chi connectivity index (χ3n) is 6.24. The van der Waals surface area contributed by atoms with Gasteiger partial charge in [-0.3, -0.25) is 0 Å². The van der Waals surface area contributed by atoms with E-state index in [0.717, 1.165) is 18.4 Å². The smallest absolute Gasteiger partial charge is 0.118 e. The SMILES string of the molecule is Cc1cc2c(cc1O)C(C)(C)CC21CC(C)(C)c2ccccc21. The van der Waals surface area contributed by atoms with Gasteiger partial charge in [-0.15, -0.1) is 0 Å².